The summed E-state index contributed by atoms with van der Waals surface area (Å²) in [4.78, 5) is 51.8. The predicted octanol–water partition coefficient (Wildman–Crippen LogP) is 4.75. The third-order valence-corrected chi connectivity index (χ3v) is 5.55. The van der Waals surface area contributed by atoms with Crippen LogP contribution in [0.2, 0.25) is 5.02 Å². The van der Waals surface area contributed by atoms with Gasteiger partial charge in [0.05, 0.1) is 12.2 Å². The molecule has 224 valence electrons. The molecule has 1 saturated heterocycles. The third-order valence-electron chi connectivity index (χ3n) is 5.19. The van der Waals surface area contributed by atoms with Gasteiger partial charge >= 0.3 is 17.9 Å². The smallest absolute Gasteiger partial charge is 0.308 e. The Bertz CT molecular complexity index is 1170. The van der Waals surface area contributed by atoms with Crippen LogP contribution in [-0.2, 0) is 44.6 Å². The van der Waals surface area contributed by atoms with Crippen molar-refractivity contribution in [3.63, 3.8) is 0 Å². The number of hydrogen-bond donors (Lipinski definition) is 2. The Hall–Kier alpha value is -3.96. The fourth-order valence-electron chi connectivity index (χ4n) is 3.83. The average Bonchev–Trinajstić information content (AvgIpc) is 2.84. The highest BCUT2D eigenvalue weighted by Gasteiger charge is 2.33. The molecule has 41 heavy (non-hydrogen) atoms. The maximum atomic E-state index is 11.5. The zero-order valence-corrected chi connectivity index (χ0v) is 24.3. The molecule has 0 aliphatic carbocycles. The van der Waals surface area contributed by atoms with Crippen LogP contribution >= 0.6 is 11.6 Å². The summed E-state index contributed by atoms with van der Waals surface area (Å²) in [7, 11) is 0. The predicted molar refractivity (Wildman–Crippen MR) is 148 cm³/mol. The van der Waals surface area contributed by atoms with E-state index in [-0.39, 0.29) is 36.9 Å². The summed E-state index contributed by atoms with van der Waals surface area (Å²) >= 11 is 6.46. The first kappa shape index (κ1) is 35.1. The summed E-state index contributed by atoms with van der Waals surface area (Å²) in [6.45, 7) is 6.33. The van der Waals surface area contributed by atoms with Crippen LogP contribution in [0.15, 0.2) is 42.5 Å². The Morgan fingerprint density at radius 2 is 1.44 bits per heavy atom. The van der Waals surface area contributed by atoms with Gasteiger partial charge in [-0.1, -0.05) is 35.9 Å². The van der Waals surface area contributed by atoms with Gasteiger partial charge in [-0.05, 0) is 41.3 Å². The molecule has 1 aliphatic heterocycles. The molecular weight excluding hydrogens is 560 g/mol. The molecule has 3 atom stereocenters. The van der Waals surface area contributed by atoms with E-state index in [1.54, 1.807) is 12.1 Å². The minimum absolute atomic E-state index is 0.0960. The molecule has 0 saturated carbocycles. The lowest BCUT2D eigenvalue weighted by molar-refractivity contribution is -0.169. The monoisotopic (exact) mass is 594 g/mol. The summed E-state index contributed by atoms with van der Waals surface area (Å²) < 4.78 is 21.8. The van der Waals surface area contributed by atoms with Gasteiger partial charge in [0.25, 0.3) is 11.9 Å². The number of halogens is 1. The molecule has 3 rings (SSSR count). The molecule has 11 nitrogen and oxygen atoms in total. The van der Waals surface area contributed by atoms with E-state index in [1.165, 1.54) is 20.8 Å². The molecule has 2 aromatic rings. The first-order valence-corrected chi connectivity index (χ1v) is 12.9. The minimum Gasteiger partial charge on any atom is -0.481 e. The first-order valence-electron chi connectivity index (χ1n) is 12.6. The second-order valence-corrected chi connectivity index (χ2v) is 9.46. The second kappa shape index (κ2) is 17.7. The highest BCUT2D eigenvalue weighted by Crippen LogP contribution is 2.35. The van der Waals surface area contributed by atoms with E-state index >= 15 is 0 Å². The van der Waals surface area contributed by atoms with Crippen molar-refractivity contribution in [2.75, 3.05) is 6.61 Å². The molecule has 1 fully saturated rings. The Morgan fingerprint density at radius 3 is 1.95 bits per heavy atom. The van der Waals surface area contributed by atoms with E-state index in [2.05, 4.69) is 0 Å². The second-order valence-electron chi connectivity index (χ2n) is 9.06. The average molecular weight is 595 g/mol. The Balaban J connectivity index is 0.000000930. The highest BCUT2D eigenvalue weighted by molar-refractivity contribution is 6.31. The summed E-state index contributed by atoms with van der Waals surface area (Å²) in [5.41, 5.74) is 2.81. The molecule has 0 aromatic heterocycles. The van der Waals surface area contributed by atoms with Crippen molar-refractivity contribution in [3.05, 3.63) is 64.2 Å². The van der Waals surface area contributed by atoms with E-state index in [9.17, 15) is 14.4 Å². The number of carbonyl (C=O) groups excluding carboxylic acids is 3. The first-order chi connectivity index (χ1) is 19.2. The Labute approximate surface area is 243 Å². The quantitative estimate of drug-likeness (QED) is 0.336. The topological polar surface area (TPSA) is 163 Å². The molecule has 0 amide bonds. The number of carboxylic acids is 2. The number of hydrogen-bond acceptors (Lipinski definition) is 9. The molecule has 0 radical (unpaired) electrons. The SMILES string of the molecule is CC(=O)O.CC(=O)O.CC(=O)OCC1CC(OC(C)=O)C[C@H](c2ccc(Cl)c(Cc3ccc(OC(C)=O)cc3)c2)O1. The molecule has 1 aliphatic rings. The number of benzene rings is 2. The lowest BCUT2D eigenvalue weighted by atomic mass is 9.94. The maximum Gasteiger partial charge on any atom is 0.308 e. The van der Waals surface area contributed by atoms with Crippen LogP contribution in [0, 0.1) is 0 Å². The Kier molecular flexibility index (Phi) is 15.1. The van der Waals surface area contributed by atoms with Crippen molar-refractivity contribution in [1.82, 2.24) is 0 Å². The van der Waals surface area contributed by atoms with E-state index < -0.39 is 17.9 Å². The van der Waals surface area contributed by atoms with Crippen LogP contribution in [0.4, 0.5) is 0 Å². The van der Waals surface area contributed by atoms with E-state index in [0.717, 1.165) is 30.5 Å². The van der Waals surface area contributed by atoms with Gasteiger partial charge in [-0.2, -0.15) is 0 Å². The fourth-order valence-corrected chi connectivity index (χ4v) is 4.01. The largest absolute Gasteiger partial charge is 0.481 e. The molecule has 0 bridgehead atoms. The molecule has 2 aromatic carbocycles. The van der Waals surface area contributed by atoms with Crippen molar-refractivity contribution in [2.45, 2.75) is 72.2 Å². The number of carboxylic acid groups (broad SMARTS) is 2. The molecule has 0 spiro atoms. The van der Waals surface area contributed by atoms with Crippen LogP contribution in [0.25, 0.3) is 0 Å². The van der Waals surface area contributed by atoms with Gasteiger partial charge in [-0.15, -0.1) is 0 Å². The lowest BCUT2D eigenvalue weighted by Crippen LogP contribution is -2.36. The van der Waals surface area contributed by atoms with Crippen molar-refractivity contribution >= 4 is 41.4 Å². The van der Waals surface area contributed by atoms with Gasteiger partial charge in [0, 0.05) is 52.5 Å². The normalized spacial score (nSPS) is 17.4. The van der Waals surface area contributed by atoms with Gasteiger partial charge in [-0.3, -0.25) is 24.0 Å². The summed E-state index contributed by atoms with van der Waals surface area (Å²) in [6, 6.07) is 12.9. The van der Waals surface area contributed by atoms with Gasteiger partial charge in [0.15, 0.2) is 0 Å². The minimum atomic E-state index is -0.833. The maximum absolute atomic E-state index is 11.5. The van der Waals surface area contributed by atoms with Gasteiger partial charge in [0.2, 0.25) is 0 Å². The molecule has 2 N–H and O–H groups in total. The fraction of sp³-hybridized carbons (Fsp3) is 0.414. The number of esters is 3. The summed E-state index contributed by atoms with van der Waals surface area (Å²) in [5, 5.41) is 15.5. The van der Waals surface area contributed by atoms with E-state index in [1.807, 2.05) is 30.3 Å². The van der Waals surface area contributed by atoms with Gasteiger partial charge in [-0.25, -0.2) is 0 Å². The zero-order chi connectivity index (χ0) is 31.1. The number of carbonyl (C=O) groups is 5. The molecule has 12 heteroatoms. The Morgan fingerprint density at radius 1 is 0.854 bits per heavy atom. The standard InChI is InChI=1S/C25H27ClO7.2C2H4O2/c1-15(27)30-14-23-12-22(32-17(3)29)13-25(33-23)19-6-9-24(26)20(11-19)10-18-4-7-21(8-5-18)31-16(2)28;2*1-2(3)4/h4-9,11,22-23,25H,10,12-14H2,1-3H3;2*1H3,(H,3,4)/t22?,23?,25-;;/m1../s1. The highest BCUT2D eigenvalue weighted by atomic mass is 35.5. The van der Waals surface area contributed by atoms with E-state index in [4.69, 9.17) is 50.4 Å². The van der Waals surface area contributed by atoms with Crippen molar-refractivity contribution < 1.29 is 53.1 Å². The van der Waals surface area contributed by atoms with Crippen molar-refractivity contribution in [2.24, 2.45) is 0 Å². The van der Waals surface area contributed by atoms with Crippen LogP contribution in [-0.4, -0.2) is 58.9 Å². The number of aliphatic carboxylic acids is 2. The van der Waals surface area contributed by atoms with Crippen LogP contribution < -0.4 is 4.74 Å². The molecular formula is C29H35ClO11. The summed E-state index contributed by atoms with van der Waals surface area (Å²) in [5.74, 6) is -2.30. The van der Waals surface area contributed by atoms with Crippen LogP contribution in [0.1, 0.15) is 70.3 Å². The molecule has 2 unspecified atom stereocenters. The van der Waals surface area contributed by atoms with Gasteiger partial charge < -0.3 is 29.2 Å². The van der Waals surface area contributed by atoms with Crippen LogP contribution in [0.3, 0.4) is 0 Å². The van der Waals surface area contributed by atoms with Crippen LogP contribution in [0.5, 0.6) is 5.75 Å². The third kappa shape index (κ3) is 15.4. The lowest BCUT2D eigenvalue weighted by Gasteiger charge is -2.35. The number of ether oxygens (including phenoxy) is 4. The zero-order valence-electron chi connectivity index (χ0n) is 23.5. The summed E-state index contributed by atoms with van der Waals surface area (Å²) in [6.07, 6.45) is 0.460. The van der Waals surface area contributed by atoms with Crippen molar-refractivity contribution in [3.8, 4) is 5.75 Å². The van der Waals surface area contributed by atoms with Crippen molar-refractivity contribution in [1.29, 1.82) is 0 Å². The molecule has 1 heterocycles. The van der Waals surface area contributed by atoms with E-state index in [0.29, 0.717) is 30.0 Å². The van der Waals surface area contributed by atoms with Gasteiger partial charge in [0.1, 0.15) is 18.5 Å². The number of rotatable bonds is 7.